The minimum atomic E-state index is -0.957. The topological polar surface area (TPSA) is 45.5 Å². The lowest BCUT2D eigenvalue weighted by atomic mass is 9.79. The first-order valence-electron chi connectivity index (χ1n) is 7.26. The van der Waals surface area contributed by atoms with Gasteiger partial charge in [0.25, 0.3) is 0 Å². The summed E-state index contributed by atoms with van der Waals surface area (Å²) in [6.45, 7) is 2.96. The maximum atomic E-state index is 13.6. The van der Waals surface area contributed by atoms with Crippen molar-refractivity contribution in [1.29, 1.82) is 0 Å². The first-order chi connectivity index (χ1) is 10.0. The number of aromatic carboxylic acids is 1. The third-order valence-electron chi connectivity index (χ3n) is 5.22. The summed E-state index contributed by atoms with van der Waals surface area (Å²) >= 11 is 0. The number of halogens is 1. The second-order valence-corrected chi connectivity index (χ2v) is 6.31. The lowest BCUT2D eigenvalue weighted by Crippen LogP contribution is -2.29. The van der Waals surface area contributed by atoms with E-state index in [9.17, 15) is 14.3 Å². The number of rotatable bonds is 2. The summed E-state index contributed by atoms with van der Waals surface area (Å²) < 4.78 is 15.5. The van der Waals surface area contributed by atoms with E-state index >= 15 is 0 Å². The molecular formula is C16H17FN2O2. The summed E-state index contributed by atoms with van der Waals surface area (Å²) in [5, 5.41) is 10.2. The third kappa shape index (κ3) is 1.61. The Bertz CT molecular complexity index is 757. The average molecular weight is 288 g/mol. The van der Waals surface area contributed by atoms with Crippen molar-refractivity contribution in [2.75, 3.05) is 19.6 Å². The molecule has 21 heavy (non-hydrogen) atoms. The van der Waals surface area contributed by atoms with E-state index in [0.29, 0.717) is 5.39 Å². The van der Waals surface area contributed by atoms with Gasteiger partial charge in [0.15, 0.2) is 0 Å². The van der Waals surface area contributed by atoms with E-state index in [4.69, 9.17) is 0 Å². The van der Waals surface area contributed by atoms with Crippen molar-refractivity contribution >= 4 is 16.9 Å². The Morgan fingerprint density at radius 1 is 1.33 bits per heavy atom. The maximum absolute atomic E-state index is 13.6. The van der Waals surface area contributed by atoms with Crippen LogP contribution in [0.1, 0.15) is 28.9 Å². The average Bonchev–Trinajstić information content (AvgIpc) is 3.10. The minimum Gasteiger partial charge on any atom is -0.478 e. The fourth-order valence-corrected chi connectivity index (χ4v) is 4.29. The van der Waals surface area contributed by atoms with E-state index < -0.39 is 5.97 Å². The van der Waals surface area contributed by atoms with Gasteiger partial charge in [0.2, 0.25) is 0 Å². The highest BCUT2D eigenvalue weighted by Crippen LogP contribution is 2.46. The number of aryl methyl sites for hydroxylation is 1. The summed E-state index contributed by atoms with van der Waals surface area (Å²) in [6, 6.07) is 4.42. The predicted octanol–water partition coefficient (Wildman–Crippen LogP) is 2.36. The lowest BCUT2D eigenvalue weighted by molar-refractivity contribution is 0.0695. The van der Waals surface area contributed by atoms with Gasteiger partial charge in [-0.2, -0.15) is 0 Å². The van der Waals surface area contributed by atoms with Crippen molar-refractivity contribution in [3.8, 4) is 0 Å². The number of benzene rings is 1. The molecule has 0 spiro atoms. The van der Waals surface area contributed by atoms with Crippen LogP contribution in [0.25, 0.3) is 10.9 Å². The van der Waals surface area contributed by atoms with E-state index in [1.165, 1.54) is 12.1 Å². The van der Waals surface area contributed by atoms with Gasteiger partial charge in [-0.15, -0.1) is 0 Å². The molecule has 1 aromatic heterocycles. The zero-order chi connectivity index (χ0) is 14.8. The molecule has 0 amide bonds. The molecule has 0 saturated carbocycles. The Labute approximate surface area is 121 Å². The van der Waals surface area contributed by atoms with Crippen LogP contribution in [0.4, 0.5) is 4.39 Å². The van der Waals surface area contributed by atoms with E-state index in [2.05, 4.69) is 4.90 Å². The number of carbonyl (C=O) groups is 1. The molecule has 0 aliphatic carbocycles. The number of piperidine rings is 1. The van der Waals surface area contributed by atoms with Crippen LogP contribution in [0.2, 0.25) is 0 Å². The van der Waals surface area contributed by atoms with Crippen LogP contribution in [-0.4, -0.2) is 40.2 Å². The van der Waals surface area contributed by atoms with Gasteiger partial charge in [-0.25, -0.2) is 9.18 Å². The van der Waals surface area contributed by atoms with Gasteiger partial charge in [0.05, 0.1) is 5.56 Å². The number of carboxylic acid groups (broad SMARTS) is 1. The monoisotopic (exact) mass is 288 g/mol. The van der Waals surface area contributed by atoms with Crippen molar-refractivity contribution in [3.05, 3.63) is 35.3 Å². The Morgan fingerprint density at radius 2 is 2.05 bits per heavy atom. The van der Waals surface area contributed by atoms with Crippen molar-refractivity contribution in [1.82, 2.24) is 9.47 Å². The number of fused-ring (bicyclic) bond motifs is 3. The SMILES string of the molecule is Cn1c(C23CCN(CC2)C3)c(C(=O)O)c2cc(F)ccc21. The van der Waals surface area contributed by atoms with Gasteiger partial charge in [0.1, 0.15) is 5.82 Å². The molecule has 110 valence electrons. The predicted molar refractivity (Wildman–Crippen MR) is 77.2 cm³/mol. The molecule has 0 atom stereocenters. The first-order valence-corrected chi connectivity index (χ1v) is 7.26. The smallest absolute Gasteiger partial charge is 0.338 e. The fraction of sp³-hybridized carbons (Fsp3) is 0.438. The number of hydrogen-bond donors (Lipinski definition) is 1. The Kier molecular flexibility index (Phi) is 2.49. The Morgan fingerprint density at radius 3 is 2.62 bits per heavy atom. The van der Waals surface area contributed by atoms with Gasteiger partial charge in [-0.05, 0) is 44.1 Å². The van der Waals surface area contributed by atoms with Crippen LogP contribution >= 0.6 is 0 Å². The quantitative estimate of drug-likeness (QED) is 0.922. The van der Waals surface area contributed by atoms with Crippen molar-refractivity contribution in [2.24, 2.45) is 7.05 Å². The number of nitrogens with zero attached hydrogens (tertiary/aromatic N) is 2. The number of aromatic nitrogens is 1. The molecule has 1 aromatic carbocycles. The number of carboxylic acids is 1. The van der Waals surface area contributed by atoms with E-state index in [1.807, 2.05) is 11.6 Å². The fourth-order valence-electron chi connectivity index (χ4n) is 4.29. The summed E-state index contributed by atoms with van der Waals surface area (Å²) in [5.41, 5.74) is 1.87. The molecule has 3 heterocycles. The maximum Gasteiger partial charge on any atom is 0.338 e. The van der Waals surface area contributed by atoms with Crippen LogP contribution in [0.5, 0.6) is 0 Å². The normalized spacial score (nSPS) is 27.6. The van der Waals surface area contributed by atoms with Crippen LogP contribution in [0.3, 0.4) is 0 Å². The molecule has 2 aromatic rings. The lowest BCUT2D eigenvalue weighted by Gasteiger charge is -2.27. The van der Waals surface area contributed by atoms with Crippen molar-refractivity contribution in [2.45, 2.75) is 18.3 Å². The van der Waals surface area contributed by atoms with Gasteiger partial charge in [-0.3, -0.25) is 0 Å². The van der Waals surface area contributed by atoms with Crippen molar-refractivity contribution in [3.63, 3.8) is 0 Å². The zero-order valence-corrected chi connectivity index (χ0v) is 11.9. The molecule has 1 N–H and O–H groups in total. The summed E-state index contributed by atoms with van der Waals surface area (Å²) in [5.74, 6) is -1.35. The Balaban J connectivity index is 2.06. The number of hydrogen-bond acceptors (Lipinski definition) is 2. The van der Waals surface area contributed by atoms with Gasteiger partial charge in [0, 0.05) is 35.6 Å². The molecule has 2 aliphatic heterocycles. The van der Waals surface area contributed by atoms with Gasteiger partial charge < -0.3 is 14.6 Å². The van der Waals surface area contributed by atoms with Crippen molar-refractivity contribution < 1.29 is 14.3 Å². The van der Waals surface area contributed by atoms with E-state index in [0.717, 1.165) is 43.7 Å². The highest BCUT2D eigenvalue weighted by Gasteiger charge is 2.48. The van der Waals surface area contributed by atoms with Gasteiger partial charge in [-0.1, -0.05) is 0 Å². The molecule has 4 nitrogen and oxygen atoms in total. The second-order valence-electron chi connectivity index (χ2n) is 6.31. The molecule has 4 rings (SSSR count). The van der Waals surface area contributed by atoms with Crippen LogP contribution in [0.15, 0.2) is 18.2 Å². The summed E-state index contributed by atoms with van der Waals surface area (Å²) in [6.07, 6.45) is 1.97. The van der Waals surface area contributed by atoms with Gasteiger partial charge >= 0.3 is 5.97 Å². The second kappa shape index (κ2) is 4.07. The largest absolute Gasteiger partial charge is 0.478 e. The molecule has 2 bridgehead atoms. The van der Waals surface area contributed by atoms with Crippen LogP contribution in [-0.2, 0) is 12.5 Å². The summed E-state index contributed by atoms with van der Waals surface area (Å²) in [4.78, 5) is 14.2. The standard InChI is InChI=1S/C16H17FN2O2/c1-18-12-3-2-10(17)8-11(12)13(15(20)21)14(18)16-4-6-19(9-16)7-5-16/h2-3,8H,4-7,9H2,1H3,(H,20,21). The van der Waals surface area contributed by atoms with E-state index in [1.54, 1.807) is 6.07 Å². The highest BCUT2D eigenvalue weighted by molar-refractivity contribution is 6.05. The highest BCUT2D eigenvalue weighted by atomic mass is 19.1. The molecule has 5 heteroatoms. The molecule has 0 radical (unpaired) electrons. The zero-order valence-electron chi connectivity index (χ0n) is 11.9. The minimum absolute atomic E-state index is 0.0853. The molecule has 0 unspecified atom stereocenters. The van der Waals surface area contributed by atoms with E-state index in [-0.39, 0.29) is 16.8 Å². The third-order valence-corrected chi connectivity index (χ3v) is 5.22. The van der Waals surface area contributed by atoms with Crippen LogP contribution < -0.4 is 0 Å². The molecule has 2 aliphatic rings. The first kappa shape index (κ1) is 12.8. The summed E-state index contributed by atoms with van der Waals surface area (Å²) in [7, 11) is 1.90. The molecule has 2 fully saturated rings. The molecule has 2 saturated heterocycles. The Hall–Kier alpha value is -1.88. The van der Waals surface area contributed by atoms with Crippen LogP contribution in [0, 0.1) is 5.82 Å². The molecular weight excluding hydrogens is 271 g/mol.